The molecule has 0 saturated heterocycles. The number of aryl methyl sites for hydroxylation is 1. The fourth-order valence-electron chi connectivity index (χ4n) is 2.94. The van der Waals surface area contributed by atoms with Gasteiger partial charge in [-0.05, 0) is 24.3 Å². The lowest BCUT2D eigenvalue weighted by atomic mass is 9.91. The number of thiophene rings is 1. The van der Waals surface area contributed by atoms with Crippen LogP contribution < -0.4 is 10.6 Å². The summed E-state index contributed by atoms with van der Waals surface area (Å²) in [6.45, 7) is 6.98. The molecule has 2 aromatic rings. The molecular formula is C17H27IN6S. The molecule has 3 heterocycles. The molecule has 138 valence electrons. The highest BCUT2D eigenvalue weighted by atomic mass is 127. The smallest absolute Gasteiger partial charge is 0.191 e. The monoisotopic (exact) mass is 474 g/mol. The van der Waals surface area contributed by atoms with E-state index in [9.17, 15) is 0 Å². The van der Waals surface area contributed by atoms with Crippen molar-refractivity contribution in [2.75, 3.05) is 13.6 Å². The number of halogens is 1. The van der Waals surface area contributed by atoms with Crippen LogP contribution in [0.2, 0.25) is 0 Å². The number of hydrogen-bond acceptors (Lipinski definition) is 4. The zero-order chi connectivity index (χ0) is 17.0. The summed E-state index contributed by atoms with van der Waals surface area (Å²) >= 11 is 1.79. The summed E-state index contributed by atoms with van der Waals surface area (Å²) in [4.78, 5) is 5.70. The lowest BCUT2D eigenvalue weighted by Gasteiger charge is -2.25. The van der Waals surface area contributed by atoms with Crippen LogP contribution in [0.4, 0.5) is 0 Å². The molecule has 0 saturated carbocycles. The molecule has 8 heteroatoms. The Balaban J connectivity index is 0.00000225. The Labute approximate surface area is 170 Å². The van der Waals surface area contributed by atoms with Gasteiger partial charge >= 0.3 is 0 Å². The Morgan fingerprint density at radius 3 is 2.88 bits per heavy atom. The summed E-state index contributed by atoms with van der Waals surface area (Å²) in [7, 11) is 1.80. The molecular weight excluding hydrogens is 447 g/mol. The van der Waals surface area contributed by atoms with E-state index in [1.165, 1.54) is 17.7 Å². The van der Waals surface area contributed by atoms with Gasteiger partial charge in [0.1, 0.15) is 5.82 Å². The van der Waals surface area contributed by atoms with E-state index in [1.807, 2.05) is 0 Å². The molecule has 3 rings (SSSR count). The van der Waals surface area contributed by atoms with Crippen LogP contribution in [0.3, 0.4) is 0 Å². The summed E-state index contributed by atoms with van der Waals surface area (Å²) in [6, 6.07) is 4.29. The van der Waals surface area contributed by atoms with E-state index in [2.05, 4.69) is 61.8 Å². The maximum Gasteiger partial charge on any atom is 0.191 e. The molecule has 0 radical (unpaired) electrons. The highest BCUT2D eigenvalue weighted by Gasteiger charge is 2.22. The normalized spacial score (nSPS) is 14.6. The second-order valence-corrected chi connectivity index (χ2v) is 7.73. The maximum absolute atomic E-state index is 4.32. The summed E-state index contributed by atoms with van der Waals surface area (Å²) < 4.78 is 2.24. The Hall–Kier alpha value is -1.16. The molecule has 25 heavy (non-hydrogen) atoms. The van der Waals surface area contributed by atoms with E-state index in [4.69, 9.17) is 0 Å². The van der Waals surface area contributed by atoms with Crippen LogP contribution in [-0.2, 0) is 24.9 Å². The van der Waals surface area contributed by atoms with E-state index < -0.39 is 0 Å². The number of fused-ring (bicyclic) bond motifs is 1. The molecule has 0 aliphatic carbocycles. The van der Waals surface area contributed by atoms with Gasteiger partial charge in [0.2, 0.25) is 0 Å². The second-order valence-electron chi connectivity index (χ2n) is 6.78. The van der Waals surface area contributed by atoms with Crippen LogP contribution in [0, 0.1) is 0 Å². The van der Waals surface area contributed by atoms with Crippen molar-refractivity contribution in [3.63, 3.8) is 0 Å². The Kier molecular flexibility index (Phi) is 7.24. The zero-order valence-corrected chi connectivity index (χ0v) is 18.2. The molecule has 1 aliphatic rings. The number of nitrogens with zero attached hydrogens (tertiary/aromatic N) is 4. The van der Waals surface area contributed by atoms with Crippen LogP contribution in [0.25, 0.3) is 0 Å². The van der Waals surface area contributed by atoms with Gasteiger partial charge < -0.3 is 15.2 Å². The number of aromatic nitrogens is 3. The lowest BCUT2D eigenvalue weighted by molar-refractivity contribution is 0.501. The van der Waals surface area contributed by atoms with Crippen molar-refractivity contribution in [3.05, 3.63) is 34.0 Å². The van der Waals surface area contributed by atoms with E-state index >= 15 is 0 Å². The second kappa shape index (κ2) is 8.98. The number of hydrogen-bond donors (Lipinski definition) is 2. The molecule has 0 spiro atoms. The zero-order valence-electron chi connectivity index (χ0n) is 15.1. The molecule has 0 aromatic carbocycles. The molecule has 0 unspecified atom stereocenters. The number of aliphatic imine (C=N–C) groups is 1. The average molecular weight is 474 g/mol. The molecule has 2 aromatic heterocycles. The number of nitrogens with one attached hydrogen (secondary N) is 2. The first-order valence-corrected chi connectivity index (χ1v) is 9.37. The van der Waals surface area contributed by atoms with Crippen molar-refractivity contribution in [1.29, 1.82) is 0 Å². The first kappa shape index (κ1) is 20.2. The fraction of sp³-hybridized carbons (Fsp3) is 0.588. The van der Waals surface area contributed by atoms with Crippen molar-refractivity contribution in [1.82, 2.24) is 25.4 Å². The van der Waals surface area contributed by atoms with Gasteiger partial charge in [0.05, 0.1) is 6.54 Å². The quantitative estimate of drug-likeness (QED) is 0.398. The maximum atomic E-state index is 4.32. The lowest BCUT2D eigenvalue weighted by Crippen LogP contribution is -2.43. The minimum absolute atomic E-state index is 0. The van der Waals surface area contributed by atoms with Crippen LogP contribution in [-0.4, -0.2) is 34.3 Å². The predicted molar refractivity (Wildman–Crippen MR) is 114 cm³/mol. The Morgan fingerprint density at radius 2 is 2.16 bits per heavy atom. The Morgan fingerprint density at radius 1 is 1.32 bits per heavy atom. The van der Waals surface area contributed by atoms with Crippen molar-refractivity contribution in [3.8, 4) is 0 Å². The molecule has 1 aliphatic heterocycles. The summed E-state index contributed by atoms with van der Waals surface area (Å²) in [5, 5.41) is 17.5. The highest BCUT2D eigenvalue weighted by molar-refractivity contribution is 14.0. The van der Waals surface area contributed by atoms with Crippen LogP contribution in [0.1, 0.15) is 43.2 Å². The van der Waals surface area contributed by atoms with Crippen molar-refractivity contribution in [2.45, 2.75) is 51.6 Å². The van der Waals surface area contributed by atoms with Gasteiger partial charge in [-0.3, -0.25) is 4.99 Å². The first-order chi connectivity index (χ1) is 11.6. The predicted octanol–water partition coefficient (Wildman–Crippen LogP) is 2.94. The van der Waals surface area contributed by atoms with Crippen molar-refractivity contribution in [2.24, 2.45) is 4.99 Å². The molecule has 0 atom stereocenters. The Bertz CT molecular complexity index is 692. The third-order valence-corrected chi connectivity index (χ3v) is 5.70. The highest BCUT2D eigenvalue weighted by Crippen LogP contribution is 2.26. The third-order valence-electron chi connectivity index (χ3n) is 4.46. The van der Waals surface area contributed by atoms with Gasteiger partial charge in [0.25, 0.3) is 0 Å². The van der Waals surface area contributed by atoms with Crippen LogP contribution in [0.15, 0.2) is 22.5 Å². The van der Waals surface area contributed by atoms with E-state index in [0.717, 1.165) is 37.1 Å². The van der Waals surface area contributed by atoms with Gasteiger partial charge in [-0.1, -0.05) is 19.9 Å². The largest absolute Gasteiger partial charge is 0.356 e. The van der Waals surface area contributed by atoms with Crippen LogP contribution in [0.5, 0.6) is 0 Å². The number of rotatable bonds is 5. The standard InChI is InChI=1S/C17H26N6S.HI/c1-17(2,13-7-6-10-24-13)12-20-16(18-3)19-11-15-22-21-14-8-4-5-9-23(14)15;/h6-7,10H,4-5,8-9,11-12H2,1-3H3,(H2,18,19,20);1H. The molecule has 6 nitrogen and oxygen atoms in total. The van der Waals surface area contributed by atoms with Crippen molar-refractivity contribution >= 4 is 41.3 Å². The SMILES string of the molecule is CN=C(NCc1nnc2n1CCCC2)NCC(C)(C)c1cccs1.I. The number of guanidine groups is 1. The molecule has 0 bridgehead atoms. The third kappa shape index (κ3) is 4.93. The van der Waals surface area contributed by atoms with Gasteiger partial charge in [0.15, 0.2) is 11.8 Å². The first-order valence-electron chi connectivity index (χ1n) is 8.49. The van der Waals surface area contributed by atoms with E-state index in [-0.39, 0.29) is 29.4 Å². The minimum atomic E-state index is 0. The van der Waals surface area contributed by atoms with Gasteiger partial charge in [-0.25, -0.2) is 0 Å². The summed E-state index contributed by atoms with van der Waals surface area (Å²) in [5.41, 5.74) is 0.0693. The van der Waals surface area contributed by atoms with Gasteiger partial charge in [0, 0.05) is 36.9 Å². The average Bonchev–Trinajstić information content (AvgIpc) is 3.25. The topological polar surface area (TPSA) is 67.1 Å². The van der Waals surface area contributed by atoms with Gasteiger partial charge in [-0.15, -0.1) is 45.5 Å². The molecule has 0 fully saturated rings. The summed E-state index contributed by atoms with van der Waals surface area (Å²) in [5.74, 6) is 2.90. The van der Waals surface area contributed by atoms with Gasteiger partial charge in [-0.2, -0.15) is 0 Å². The van der Waals surface area contributed by atoms with Crippen molar-refractivity contribution < 1.29 is 0 Å². The minimum Gasteiger partial charge on any atom is -0.356 e. The van der Waals surface area contributed by atoms with Crippen LogP contribution >= 0.6 is 35.3 Å². The molecule has 0 amide bonds. The fourth-order valence-corrected chi connectivity index (χ4v) is 3.79. The molecule has 2 N–H and O–H groups in total. The van der Waals surface area contributed by atoms with E-state index in [1.54, 1.807) is 18.4 Å². The van der Waals surface area contributed by atoms with E-state index in [0.29, 0.717) is 6.54 Å². The summed E-state index contributed by atoms with van der Waals surface area (Å²) in [6.07, 6.45) is 3.46.